The molecule has 20 heavy (non-hydrogen) atoms. The quantitative estimate of drug-likeness (QED) is 0.785. The first-order chi connectivity index (χ1) is 9.45. The molecule has 0 aliphatic heterocycles. The lowest BCUT2D eigenvalue weighted by Crippen LogP contribution is -2.26. The van der Waals surface area contributed by atoms with Crippen molar-refractivity contribution in [3.63, 3.8) is 0 Å². The lowest BCUT2D eigenvalue weighted by Gasteiger charge is -2.18. The largest absolute Gasteiger partial charge is 0.337 e. The number of halogens is 2. The highest BCUT2D eigenvalue weighted by molar-refractivity contribution is 9.10. The molecule has 2 rings (SSSR count). The lowest BCUT2D eigenvalue weighted by atomic mass is 10.1. The summed E-state index contributed by atoms with van der Waals surface area (Å²) < 4.78 is 0.917. The van der Waals surface area contributed by atoms with E-state index in [1.807, 2.05) is 49.4 Å². The molecule has 0 unspecified atom stereocenters. The maximum Gasteiger partial charge on any atom is 0.253 e. The molecule has 0 heterocycles. The molecule has 0 aliphatic carbocycles. The maximum absolute atomic E-state index is 12.4. The molecule has 2 aromatic rings. The van der Waals surface area contributed by atoms with Crippen molar-refractivity contribution in [2.45, 2.75) is 13.5 Å². The van der Waals surface area contributed by atoms with Crippen LogP contribution in [-0.4, -0.2) is 17.9 Å². The van der Waals surface area contributed by atoms with E-state index in [-0.39, 0.29) is 5.91 Å². The second kappa shape index (κ2) is 6.42. The van der Waals surface area contributed by atoms with Gasteiger partial charge in [-0.15, -0.1) is 0 Å². The third-order valence-electron chi connectivity index (χ3n) is 2.97. The van der Waals surface area contributed by atoms with Gasteiger partial charge in [0.25, 0.3) is 5.91 Å². The summed E-state index contributed by atoms with van der Waals surface area (Å²) in [6.45, 7) is 2.53. The van der Waals surface area contributed by atoms with Crippen molar-refractivity contribution in [1.29, 1.82) is 0 Å². The minimum absolute atomic E-state index is 0.00403. The normalized spacial score (nSPS) is 10.4. The van der Waals surface area contributed by atoms with Gasteiger partial charge in [-0.25, -0.2) is 0 Å². The number of rotatable bonds is 3. The van der Waals surface area contributed by atoms with Crippen molar-refractivity contribution in [3.8, 4) is 0 Å². The van der Waals surface area contributed by atoms with Gasteiger partial charge in [0.15, 0.2) is 0 Å². The summed E-state index contributed by atoms with van der Waals surface area (Å²) in [5.41, 5.74) is 2.80. The summed E-state index contributed by atoms with van der Waals surface area (Å²) >= 11 is 9.28. The van der Waals surface area contributed by atoms with Crippen LogP contribution in [0.25, 0.3) is 0 Å². The number of carbonyl (C=O) groups excluding carboxylic acids is 1. The Balaban J connectivity index is 2.14. The Morgan fingerprint density at radius 1 is 1.20 bits per heavy atom. The van der Waals surface area contributed by atoms with E-state index in [1.165, 1.54) is 0 Å². The second-order valence-corrected chi connectivity index (χ2v) is 6.16. The number of benzene rings is 2. The van der Waals surface area contributed by atoms with Gasteiger partial charge in [0.1, 0.15) is 0 Å². The van der Waals surface area contributed by atoms with E-state index in [4.69, 9.17) is 11.6 Å². The highest BCUT2D eigenvalue weighted by Crippen LogP contribution is 2.18. The zero-order valence-electron chi connectivity index (χ0n) is 11.4. The molecule has 0 radical (unpaired) electrons. The molecule has 0 N–H and O–H groups in total. The Labute approximate surface area is 132 Å². The van der Waals surface area contributed by atoms with Crippen molar-refractivity contribution in [2.75, 3.05) is 7.05 Å². The highest BCUT2D eigenvalue weighted by Gasteiger charge is 2.13. The topological polar surface area (TPSA) is 20.3 Å². The summed E-state index contributed by atoms with van der Waals surface area (Å²) in [5.74, 6) is 0.00403. The van der Waals surface area contributed by atoms with Crippen LogP contribution < -0.4 is 0 Å². The first-order valence-electron chi connectivity index (χ1n) is 6.23. The van der Waals surface area contributed by atoms with Crippen molar-refractivity contribution >= 4 is 33.4 Å². The minimum atomic E-state index is 0.00403. The van der Waals surface area contributed by atoms with E-state index in [9.17, 15) is 4.79 Å². The van der Waals surface area contributed by atoms with Gasteiger partial charge in [-0.1, -0.05) is 39.7 Å². The number of carbonyl (C=O) groups is 1. The Bertz CT molecular complexity index is 605. The van der Waals surface area contributed by atoms with Crippen molar-refractivity contribution in [2.24, 2.45) is 0 Å². The Hall–Kier alpha value is -1.32. The summed E-state index contributed by atoms with van der Waals surface area (Å²) in [6, 6.07) is 13.2. The third-order valence-corrected chi connectivity index (χ3v) is 3.68. The van der Waals surface area contributed by atoms with Gasteiger partial charge in [0.05, 0.1) is 0 Å². The van der Waals surface area contributed by atoms with Gasteiger partial charge in [-0.05, 0) is 48.4 Å². The smallest absolute Gasteiger partial charge is 0.253 e. The second-order valence-electron chi connectivity index (χ2n) is 4.80. The zero-order chi connectivity index (χ0) is 14.7. The summed E-state index contributed by atoms with van der Waals surface area (Å²) in [6.07, 6.45) is 0. The third kappa shape index (κ3) is 3.84. The minimum Gasteiger partial charge on any atom is -0.337 e. The number of hydrogen-bond acceptors (Lipinski definition) is 1. The average Bonchev–Trinajstić information content (AvgIpc) is 2.39. The summed E-state index contributed by atoms with van der Waals surface area (Å²) in [4.78, 5) is 14.1. The predicted molar refractivity (Wildman–Crippen MR) is 86.1 cm³/mol. The van der Waals surface area contributed by atoms with E-state index in [0.29, 0.717) is 17.1 Å². The monoisotopic (exact) mass is 351 g/mol. The van der Waals surface area contributed by atoms with Crippen LogP contribution >= 0.6 is 27.5 Å². The molecular weight excluding hydrogens is 338 g/mol. The molecule has 0 spiro atoms. The van der Waals surface area contributed by atoms with Crippen LogP contribution in [-0.2, 0) is 6.54 Å². The molecule has 0 saturated carbocycles. The molecule has 1 amide bonds. The molecule has 0 aromatic heterocycles. The molecule has 2 nitrogen and oxygen atoms in total. The predicted octanol–water partition coefficient (Wildman–Crippen LogP) is 4.68. The van der Waals surface area contributed by atoms with Gasteiger partial charge in [0.2, 0.25) is 0 Å². The highest BCUT2D eigenvalue weighted by atomic mass is 79.9. The summed E-state index contributed by atoms with van der Waals surface area (Å²) in [7, 11) is 1.80. The molecule has 4 heteroatoms. The van der Waals surface area contributed by atoms with E-state index >= 15 is 0 Å². The Kier molecular flexibility index (Phi) is 4.84. The molecular formula is C16H15BrClNO. The zero-order valence-corrected chi connectivity index (χ0v) is 13.7. The van der Waals surface area contributed by atoms with Crippen LogP contribution in [0.3, 0.4) is 0 Å². The fourth-order valence-electron chi connectivity index (χ4n) is 2.02. The van der Waals surface area contributed by atoms with Crippen molar-refractivity contribution in [1.82, 2.24) is 4.90 Å². The number of amides is 1. The first kappa shape index (κ1) is 15.1. The maximum atomic E-state index is 12.4. The van der Waals surface area contributed by atoms with E-state index in [2.05, 4.69) is 15.9 Å². The van der Waals surface area contributed by atoms with Gasteiger partial charge >= 0.3 is 0 Å². The van der Waals surface area contributed by atoms with Crippen LogP contribution in [0.1, 0.15) is 21.5 Å². The average molecular weight is 353 g/mol. The molecule has 0 aliphatic rings. The summed E-state index contributed by atoms with van der Waals surface area (Å²) in [5, 5.41) is 0.699. The first-order valence-corrected chi connectivity index (χ1v) is 7.40. The van der Waals surface area contributed by atoms with Crippen LogP contribution in [0.2, 0.25) is 5.02 Å². The molecule has 104 valence electrons. The SMILES string of the molecule is Cc1cc(Br)cc(C(=O)N(C)Cc2ccc(Cl)cc2)c1. The standard InChI is InChI=1S/C16H15BrClNO/c1-11-7-13(9-14(17)8-11)16(20)19(2)10-12-3-5-15(18)6-4-12/h3-9H,10H2,1-2H3. The number of nitrogens with zero attached hydrogens (tertiary/aromatic N) is 1. The molecule has 0 bridgehead atoms. The number of hydrogen-bond donors (Lipinski definition) is 0. The fourth-order valence-corrected chi connectivity index (χ4v) is 2.75. The molecule has 0 fully saturated rings. The van der Waals surface area contributed by atoms with Crippen LogP contribution in [0.15, 0.2) is 46.9 Å². The van der Waals surface area contributed by atoms with Gasteiger partial charge < -0.3 is 4.90 Å². The fraction of sp³-hybridized carbons (Fsp3) is 0.188. The van der Waals surface area contributed by atoms with Crippen LogP contribution in [0.5, 0.6) is 0 Å². The van der Waals surface area contributed by atoms with Gasteiger partial charge in [-0.3, -0.25) is 4.79 Å². The van der Waals surface area contributed by atoms with E-state index in [0.717, 1.165) is 15.6 Å². The molecule has 2 aromatic carbocycles. The van der Waals surface area contributed by atoms with Gasteiger partial charge in [0, 0.05) is 28.7 Å². The van der Waals surface area contributed by atoms with Gasteiger partial charge in [-0.2, -0.15) is 0 Å². The van der Waals surface area contributed by atoms with E-state index in [1.54, 1.807) is 11.9 Å². The van der Waals surface area contributed by atoms with Crippen molar-refractivity contribution < 1.29 is 4.79 Å². The molecule has 0 saturated heterocycles. The van der Waals surface area contributed by atoms with E-state index < -0.39 is 0 Å². The van der Waals surface area contributed by atoms with Crippen LogP contribution in [0.4, 0.5) is 0 Å². The number of aryl methyl sites for hydroxylation is 1. The Morgan fingerprint density at radius 2 is 1.85 bits per heavy atom. The Morgan fingerprint density at radius 3 is 2.45 bits per heavy atom. The molecule has 0 atom stereocenters. The van der Waals surface area contributed by atoms with Crippen molar-refractivity contribution in [3.05, 3.63) is 68.7 Å². The van der Waals surface area contributed by atoms with Crippen LogP contribution in [0, 0.1) is 6.92 Å². The lowest BCUT2D eigenvalue weighted by molar-refractivity contribution is 0.0785.